The molecule has 1 nitrogen and oxygen atoms in total. The van der Waals surface area contributed by atoms with Crippen LogP contribution in [0.4, 0.5) is 0 Å². The van der Waals surface area contributed by atoms with Crippen LogP contribution in [0, 0.1) is 0 Å². The first-order valence-electron chi connectivity index (χ1n) is 6.67. The van der Waals surface area contributed by atoms with Crippen molar-refractivity contribution in [2.24, 2.45) is 5.73 Å². The Morgan fingerprint density at radius 3 is 2.53 bits per heavy atom. The highest BCUT2D eigenvalue weighted by molar-refractivity contribution is 5.20. The van der Waals surface area contributed by atoms with Gasteiger partial charge in [0.1, 0.15) is 0 Å². The van der Waals surface area contributed by atoms with Crippen molar-refractivity contribution in [2.75, 3.05) is 0 Å². The van der Waals surface area contributed by atoms with Gasteiger partial charge in [-0.1, -0.05) is 55.8 Å². The molecule has 2 atom stereocenters. The van der Waals surface area contributed by atoms with Gasteiger partial charge in [0.25, 0.3) is 0 Å². The molecule has 0 aromatic heterocycles. The first-order valence-corrected chi connectivity index (χ1v) is 6.67. The molecule has 0 aliphatic heterocycles. The number of hydrogen-bond acceptors (Lipinski definition) is 1. The van der Waals surface area contributed by atoms with E-state index in [2.05, 4.69) is 56.3 Å². The molecule has 0 saturated carbocycles. The van der Waals surface area contributed by atoms with Crippen LogP contribution in [0.2, 0.25) is 0 Å². The average Bonchev–Trinajstić information content (AvgIpc) is 2.38. The van der Waals surface area contributed by atoms with E-state index in [1.165, 1.54) is 24.8 Å². The van der Waals surface area contributed by atoms with Gasteiger partial charge in [0.05, 0.1) is 0 Å². The monoisotopic (exact) mass is 231 g/mol. The summed E-state index contributed by atoms with van der Waals surface area (Å²) in [7, 11) is 0. The number of allylic oxidation sites excluding steroid dienone is 2. The molecular weight excluding hydrogens is 206 g/mol. The minimum absolute atomic E-state index is 0.281. The van der Waals surface area contributed by atoms with Crippen molar-refractivity contribution < 1.29 is 0 Å². The minimum Gasteiger partial charge on any atom is -0.327 e. The van der Waals surface area contributed by atoms with E-state index < -0.39 is 0 Å². The Hall–Kier alpha value is -1.08. The Balaban J connectivity index is 2.30. The lowest BCUT2D eigenvalue weighted by molar-refractivity contribution is 0.501. The minimum atomic E-state index is 0.281. The molecule has 1 aromatic carbocycles. The van der Waals surface area contributed by atoms with E-state index in [-0.39, 0.29) is 6.04 Å². The van der Waals surface area contributed by atoms with E-state index in [4.69, 9.17) is 5.73 Å². The molecule has 0 bridgehead atoms. The molecule has 1 rings (SSSR count). The summed E-state index contributed by atoms with van der Waals surface area (Å²) >= 11 is 0. The lowest BCUT2D eigenvalue weighted by Gasteiger charge is -2.20. The number of benzene rings is 1. The van der Waals surface area contributed by atoms with Crippen LogP contribution in [-0.4, -0.2) is 6.04 Å². The summed E-state index contributed by atoms with van der Waals surface area (Å²) in [5.41, 5.74) is 7.60. The SMILES string of the molecule is CC=CCCCCC(N)[C@H](C)c1ccccc1. The highest BCUT2D eigenvalue weighted by Gasteiger charge is 2.13. The molecule has 0 radical (unpaired) electrons. The maximum Gasteiger partial charge on any atom is 0.0105 e. The summed E-state index contributed by atoms with van der Waals surface area (Å²) < 4.78 is 0. The molecule has 1 aromatic rings. The van der Waals surface area contributed by atoms with Gasteiger partial charge in [0.2, 0.25) is 0 Å². The van der Waals surface area contributed by atoms with Crippen molar-refractivity contribution in [3.8, 4) is 0 Å². The fourth-order valence-electron chi connectivity index (χ4n) is 2.06. The molecule has 1 heteroatoms. The highest BCUT2D eigenvalue weighted by Crippen LogP contribution is 2.20. The zero-order valence-electron chi connectivity index (χ0n) is 11.1. The zero-order chi connectivity index (χ0) is 12.5. The average molecular weight is 231 g/mol. The van der Waals surface area contributed by atoms with Crippen molar-refractivity contribution in [2.45, 2.75) is 51.5 Å². The zero-order valence-corrected chi connectivity index (χ0v) is 11.1. The molecule has 0 aliphatic rings. The van der Waals surface area contributed by atoms with Crippen LogP contribution in [0.3, 0.4) is 0 Å². The largest absolute Gasteiger partial charge is 0.327 e. The fraction of sp³-hybridized carbons (Fsp3) is 0.500. The quantitative estimate of drug-likeness (QED) is 0.551. The van der Waals surface area contributed by atoms with Crippen LogP contribution in [-0.2, 0) is 0 Å². The molecule has 1 unspecified atom stereocenters. The van der Waals surface area contributed by atoms with Gasteiger partial charge < -0.3 is 5.73 Å². The second-order valence-corrected chi connectivity index (χ2v) is 4.72. The van der Waals surface area contributed by atoms with Crippen LogP contribution in [0.1, 0.15) is 51.0 Å². The smallest absolute Gasteiger partial charge is 0.0105 e. The van der Waals surface area contributed by atoms with E-state index in [0.717, 1.165) is 6.42 Å². The number of nitrogens with two attached hydrogens (primary N) is 1. The third-order valence-corrected chi connectivity index (χ3v) is 3.36. The molecule has 0 heterocycles. The van der Waals surface area contributed by atoms with E-state index in [1.54, 1.807) is 0 Å². The first kappa shape index (κ1) is 14.0. The Bertz CT molecular complexity index is 316. The van der Waals surface area contributed by atoms with Crippen molar-refractivity contribution in [3.63, 3.8) is 0 Å². The lowest BCUT2D eigenvalue weighted by Crippen LogP contribution is -2.26. The maximum atomic E-state index is 6.25. The molecule has 0 fully saturated rings. The standard InChI is InChI=1S/C16H25N/c1-3-4-5-6-10-13-16(17)14(2)15-11-8-7-9-12-15/h3-4,7-9,11-12,14,16H,5-6,10,13,17H2,1-2H3/t14-,16?/m1/s1. The summed E-state index contributed by atoms with van der Waals surface area (Å²) in [6.07, 6.45) is 9.12. The van der Waals surface area contributed by atoms with E-state index >= 15 is 0 Å². The van der Waals surface area contributed by atoms with Crippen molar-refractivity contribution in [1.29, 1.82) is 0 Å². The van der Waals surface area contributed by atoms with E-state index in [1.807, 2.05) is 0 Å². The van der Waals surface area contributed by atoms with E-state index in [9.17, 15) is 0 Å². The van der Waals surface area contributed by atoms with Crippen LogP contribution >= 0.6 is 0 Å². The van der Waals surface area contributed by atoms with Crippen molar-refractivity contribution in [1.82, 2.24) is 0 Å². The van der Waals surface area contributed by atoms with Gasteiger partial charge in [-0.15, -0.1) is 0 Å². The predicted molar refractivity (Wildman–Crippen MR) is 76.1 cm³/mol. The molecular formula is C16H25N. The van der Waals surface area contributed by atoms with Gasteiger partial charge in [-0.05, 0) is 37.7 Å². The van der Waals surface area contributed by atoms with Crippen LogP contribution in [0.5, 0.6) is 0 Å². The van der Waals surface area contributed by atoms with Gasteiger partial charge in [0.15, 0.2) is 0 Å². The Morgan fingerprint density at radius 2 is 1.88 bits per heavy atom. The second kappa shape index (κ2) is 8.08. The predicted octanol–water partition coefficient (Wildman–Crippen LogP) is 4.25. The molecule has 0 aliphatic carbocycles. The Kier molecular flexibility index (Phi) is 6.64. The van der Waals surface area contributed by atoms with Crippen LogP contribution in [0.15, 0.2) is 42.5 Å². The van der Waals surface area contributed by atoms with Gasteiger partial charge in [-0.25, -0.2) is 0 Å². The van der Waals surface area contributed by atoms with Gasteiger partial charge >= 0.3 is 0 Å². The van der Waals surface area contributed by atoms with Crippen molar-refractivity contribution in [3.05, 3.63) is 48.0 Å². The maximum absolute atomic E-state index is 6.25. The summed E-state index contributed by atoms with van der Waals surface area (Å²) in [6, 6.07) is 10.9. The topological polar surface area (TPSA) is 26.0 Å². The normalized spacial score (nSPS) is 15.0. The fourth-order valence-corrected chi connectivity index (χ4v) is 2.06. The van der Waals surface area contributed by atoms with Gasteiger partial charge in [0, 0.05) is 6.04 Å². The lowest BCUT2D eigenvalue weighted by atomic mass is 9.90. The van der Waals surface area contributed by atoms with Gasteiger partial charge in [-0.3, -0.25) is 0 Å². The first-order chi connectivity index (χ1) is 8.25. The Morgan fingerprint density at radius 1 is 1.18 bits per heavy atom. The van der Waals surface area contributed by atoms with Crippen molar-refractivity contribution >= 4 is 0 Å². The van der Waals surface area contributed by atoms with Crippen LogP contribution in [0.25, 0.3) is 0 Å². The second-order valence-electron chi connectivity index (χ2n) is 4.72. The molecule has 94 valence electrons. The van der Waals surface area contributed by atoms with E-state index in [0.29, 0.717) is 5.92 Å². The third-order valence-electron chi connectivity index (χ3n) is 3.36. The highest BCUT2D eigenvalue weighted by atomic mass is 14.6. The molecule has 0 saturated heterocycles. The van der Waals surface area contributed by atoms with Crippen LogP contribution < -0.4 is 5.73 Å². The molecule has 0 amide bonds. The summed E-state index contributed by atoms with van der Waals surface area (Å²) in [4.78, 5) is 0. The summed E-state index contributed by atoms with van der Waals surface area (Å²) in [6.45, 7) is 4.30. The Labute approximate surface area is 106 Å². The van der Waals surface area contributed by atoms with Gasteiger partial charge in [-0.2, -0.15) is 0 Å². The third kappa shape index (κ3) is 5.18. The molecule has 2 N–H and O–H groups in total. The number of hydrogen-bond donors (Lipinski definition) is 1. The number of rotatable bonds is 7. The summed E-state index contributed by atoms with van der Waals surface area (Å²) in [5, 5.41) is 0. The molecule has 0 spiro atoms. The summed E-state index contributed by atoms with van der Waals surface area (Å²) in [5.74, 6) is 0.456. The molecule has 17 heavy (non-hydrogen) atoms. The number of unbranched alkanes of at least 4 members (excludes halogenated alkanes) is 2.